The maximum atomic E-state index is 11.9. The Morgan fingerprint density at radius 3 is 2.67 bits per heavy atom. The third-order valence-corrected chi connectivity index (χ3v) is 2.43. The quantitative estimate of drug-likeness (QED) is 0.705. The molecular formula is C9H10ClN3O2. The number of carbonyl (C=O) groups excluding carboxylic acids is 1. The highest BCUT2D eigenvalue weighted by atomic mass is 35.5. The number of carbonyl (C=O) groups is 1. The molecule has 0 N–H and O–H groups in total. The van der Waals surface area contributed by atoms with Crippen LogP contribution in [0.2, 0.25) is 5.15 Å². The average Bonchev–Trinajstić information content (AvgIpc) is 2.30. The maximum absolute atomic E-state index is 11.9. The summed E-state index contributed by atoms with van der Waals surface area (Å²) in [5, 5.41) is 0.147. The van der Waals surface area contributed by atoms with Gasteiger partial charge >= 0.3 is 0 Å². The molecule has 0 spiro atoms. The van der Waals surface area contributed by atoms with Crippen molar-refractivity contribution in [3.05, 3.63) is 23.2 Å². The van der Waals surface area contributed by atoms with Crippen LogP contribution >= 0.6 is 11.6 Å². The van der Waals surface area contributed by atoms with Gasteiger partial charge in [0.1, 0.15) is 0 Å². The van der Waals surface area contributed by atoms with Gasteiger partial charge in [-0.1, -0.05) is 11.6 Å². The standard InChI is InChI=1S/C9H10ClN3O2/c10-8-7(11-1-2-12-8)9(14)13-3-5-15-6-4-13/h1-2H,3-6H2. The lowest BCUT2D eigenvalue weighted by molar-refractivity contribution is 0.0299. The molecule has 15 heavy (non-hydrogen) atoms. The molecule has 5 nitrogen and oxygen atoms in total. The van der Waals surface area contributed by atoms with Crippen LogP contribution in [0.15, 0.2) is 12.4 Å². The Kier molecular flexibility index (Phi) is 3.13. The van der Waals surface area contributed by atoms with Gasteiger partial charge < -0.3 is 9.64 Å². The van der Waals surface area contributed by atoms with E-state index >= 15 is 0 Å². The summed E-state index contributed by atoms with van der Waals surface area (Å²) >= 11 is 5.79. The lowest BCUT2D eigenvalue weighted by Crippen LogP contribution is -2.41. The van der Waals surface area contributed by atoms with Gasteiger partial charge in [0.25, 0.3) is 5.91 Å². The molecule has 0 atom stereocenters. The Morgan fingerprint density at radius 2 is 2.00 bits per heavy atom. The molecule has 1 saturated heterocycles. The molecule has 1 amide bonds. The van der Waals surface area contributed by atoms with E-state index in [0.717, 1.165) is 0 Å². The van der Waals surface area contributed by atoms with Crippen molar-refractivity contribution >= 4 is 17.5 Å². The van der Waals surface area contributed by atoms with Crippen LogP contribution in [-0.2, 0) is 4.74 Å². The van der Waals surface area contributed by atoms with Crippen LogP contribution in [0.3, 0.4) is 0 Å². The molecule has 0 saturated carbocycles. The fraction of sp³-hybridized carbons (Fsp3) is 0.444. The van der Waals surface area contributed by atoms with E-state index < -0.39 is 0 Å². The first-order chi connectivity index (χ1) is 7.29. The summed E-state index contributed by atoms with van der Waals surface area (Å²) in [6.07, 6.45) is 2.91. The molecule has 0 aromatic carbocycles. The van der Waals surface area contributed by atoms with Crippen molar-refractivity contribution < 1.29 is 9.53 Å². The molecule has 2 heterocycles. The SMILES string of the molecule is O=C(c1nccnc1Cl)N1CCOCC1. The zero-order valence-corrected chi connectivity index (χ0v) is 8.78. The Labute approximate surface area is 92.0 Å². The summed E-state index contributed by atoms with van der Waals surface area (Å²) < 4.78 is 5.15. The Hall–Kier alpha value is -1.20. The van der Waals surface area contributed by atoms with Gasteiger partial charge in [-0.05, 0) is 0 Å². The van der Waals surface area contributed by atoms with E-state index in [9.17, 15) is 4.79 Å². The second kappa shape index (κ2) is 4.55. The highest BCUT2D eigenvalue weighted by Gasteiger charge is 2.21. The van der Waals surface area contributed by atoms with Crippen LogP contribution in [0.1, 0.15) is 10.5 Å². The van der Waals surface area contributed by atoms with E-state index in [0.29, 0.717) is 26.3 Å². The van der Waals surface area contributed by atoms with Gasteiger partial charge in [-0.3, -0.25) is 4.79 Å². The second-order valence-corrected chi connectivity index (χ2v) is 3.46. The number of rotatable bonds is 1. The van der Waals surface area contributed by atoms with Gasteiger partial charge in [-0.2, -0.15) is 0 Å². The first-order valence-corrected chi connectivity index (χ1v) is 5.00. The molecule has 2 rings (SSSR count). The molecule has 1 aromatic rings. The van der Waals surface area contributed by atoms with E-state index in [-0.39, 0.29) is 16.8 Å². The maximum Gasteiger partial charge on any atom is 0.275 e. The number of nitrogens with zero attached hydrogens (tertiary/aromatic N) is 3. The smallest absolute Gasteiger partial charge is 0.275 e. The zero-order chi connectivity index (χ0) is 10.7. The number of aromatic nitrogens is 2. The number of halogens is 1. The Balaban J connectivity index is 2.16. The van der Waals surface area contributed by atoms with Crippen LogP contribution in [0, 0.1) is 0 Å². The molecule has 1 aliphatic heterocycles. The predicted octanol–water partition coefficient (Wildman–Crippen LogP) is 0.602. The van der Waals surface area contributed by atoms with E-state index in [1.165, 1.54) is 12.4 Å². The first-order valence-electron chi connectivity index (χ1n) is 4.62. The molecule has 80 valence electrons. The summed E-state index contributed by atoms with van der Waals surface area (Å²) in [4.78, 5) is 21.3. The predicted molar refractivity (Wildman–Crippen MR) is 53.8 cm³/mol. The number of amides is 1. The molecule has 0 aliphatic carbocycles. The molecule has 0 unspecified atom stereocenters. The van der Waals surface area contributed by atoms with Crippen LogP contribution in [0.4, 0.5) is 0 Å². The fourth-order valence-corrected chi connectivity index (χ4v) is 1.57. The minimum Gasteiger partial charge on any atom is -0.378 e. The Bertz CT molecular complexity index is 366. The van der Waals surface area contributed by atoms with Crippen molar-refractivity contribution in [2.75, 3.05) is 26.3 Å². The van der Waals surface area contributed by atoms with Gasteiger partial charge in [0.15, 0.2) is 10.8 Å². The van der Waals surface area contributed by atoms with E-state index in [2.05, 4.69) is 9.97 Å². The van der Waals surface area contributed by atoms with Gasteiger partial charge in [-0.15, -0.1) is 0 Å². The molecule has 1 aliphatic rings. The Morgan fingerprint density at radius 1 is 1.33 bits per heavy atom. The van der Waals surface area contributed by atoms with Crippen LogP contribution in [-0.4, -0.2) is 47.1 Å². The topological polar surface area (TPSA) is 55.3 Å². The number of ether oxygens (including phenoxy) is 1. The van der Waals surface area contributed by atoms with Crippen molar-refractivity contribution in [2.24, 2.45) is 0 Å². The molecule has 0 radical (unpaired) electrons. The molecular weight excluding hydrogens is 218 g/mol. The van der Waals surface area contributed by atoms with Crippen LogP contribution < -0.4 is 0 Å². The molecule has 1 fully saturated rings. The molecule has 6 heteroatoms. The first kappa shape index (κ1) is 10.3. The average molecular weight is 228 g/mol. The van der Waals surface area contributed by atoms with Gasteiger partial charge in [0.05, 0.1) is 13.2 Å². The van der Waals surface area contributed by atoms with Crippen molar-refractivity contribution in [3.8, 4) is 0 Å². The third kappa shape index (κ3) is 2.24. The third-order valence-electron chi connectivity index (χ3n) is 2.15. The second-order valence-electron chi connectivity index (χ2n) is 3.10. The lowest BCUT2D eigenvalue weighted by atomic mass is 10.3. The summed E-state index contributed by atoms with van der Waals surface area (Å²) in [6, 6.07) is 0. The van der Waals surface area contributed by atoms with E-state index in [4.69, 9.17) is 16.3 Å². The number of hydrogen-bond acceptors (Lipinski definition) is 4. The van der Waals surface area contributed by atoms with Gasteiger partial charge in [0.2, 0.25) is 0 Å². The highest BCUT2D eigenvalue weighted by Crippen LogP contribution is 2.12. The van der Waals surface area contributed by atoms with E-state index in [1.807, 2.05) is 0 Å². The normalized spacial score (nSPS) is 16.5. The largest absolute Gasteiger partial charge is 0.378 e. The summed E-state index contributed by atoms with van der Waals surface area (Å²) in [5.41, 5.74) is 0.209. The zero-order valence-electron chi connectivity index (χ0n) is 8.02. The fourth-order valence-electron chi connectivity index (χ4n) is 1.38. The van der Waals surface area contributed by atoms with E-state index in [1.54, 1.807) is 4.90 Å². The monoisotopic (exact) mass is 227 g/mol. The summed E-state index contributed by atoms with van der Waals surface area (Å²) in [5.74, 6) is -0.184. The van der Waals surface area contributed by atoms with Crippen molar-refractivity contribution in [1.82, 2.24) is 14.9 Å². The number of morpholine rings is 1. The van der Waals surface area contributed by atoms with Crippen molar-refractivity contribution in [1.29, 1.82) is 0 Å². The molecule has 1 aromatic heterocycles. The van der Waals surface area contributed by atoms with Gasteiger partial charge in [-0.25, -0.2) is 9.97 Å². The summed E-state index contributed by atoms with van der Waals surface area (Å²) in [6.45, 7) is 2.27. The van der Waals surface area contributed by atoms with Crippen molar-refractivity contribution in [2.45, 2.75) is 0 Å². The van der Waals surface area contributed by atoms with Crippen LogP contribution in [0.25, 0.3) is 0 Å². The lowest BCUT2D eigenvalue weighted by Gasteiger charge is -2.26. The highest BCUT2D eigenvalue weighted by molar-refractivity contribution is 6.32. The van der Waals surface area contributed by atoms with Crippen LogP contribution in [0.5, 0.6) is 0 Å². The molecule has 0 bridgehead atoms. The number of hydrogen-bond donors (Lipinski definition) is 0. The summed E-state index contributed by atoms with van der Waals surface area (Å²) in [7, 11) is 0. The minimum absolute atomic E-state index is 0.147. The minimum atomic E-state index is -0.184. The van der Waals surface area contributed by atoms with Crippen molar-refractivity contribution in [3.63, 3.8) is 0 Å². The van der Waals surface area contributed by atoms with Gasteiger partial charge in [0, 0.05) is 25.5 Å².